The molecule has 0 spiro atoms. The van der Waals surface area contributed by atoms with E-state index in [9.17, 15) is 4.79 Å². The lowest BCUT2D eigenvalue weighted by atomic mass is 10.2. The highest BCUT2D eigenvalue weighted by molar-refractivity contribution is 5.58. The molecule has 0 aliphatic carbocycles. The van der Waals surface area contributed by atoms with Gasteiger partial charge >= 0.3 is 0 Å². The van der Waals surface area contributed by atoms with E-state index in [-0.39, 0.29) is 5.56 Å². The van der Waals surface area contributed by atoms with Crippen molar-refractivity contribution in [1.82, 2.24) is 19.9 Å². The summed E-state index contributed by atoms with van der Waals surface area (Å²) in [4.78, 5) is 27.0. The molecule has 104 valence electrons. The second-order valence-electron chi connectivity index (χ2n) is 4.39. The normalized spacial score (nSPS) is 10.3. The number of rotatable bonds is 4. The molecule has 0 bridgehead atoms. The third-order valence-electron chi connectivity index (χ3n) is 2.88. The first-order valence-corrected chi connectivity index (χ1v) is 6.47. The number of H-pyrrole nitrogens is 1. The van der Waals surface area contributed by atoms with Crippen LogP contribution in [-0.4, -0.2) is 19.9 Å². The lowest BCUT2D eigenvalue weighted by Gasteiger charge is -2.06. The van der Waals surface area contributed by atoms with Crippen molar-refractivity contribution in [2.45, 2.75) is 6.54 Å². The molecule has 0 aliphatic rings. The smallest absolute Gasteiger partial charge is 0.252 e. The highest BCUT2D eigenvalue weighted by Crippen LogP contribution is 2.14. The Morgan fingerprint density at radius 1 is 1.10 bits per heavy atom. The summed E-state index contributed by atoms with van der Waals surface area (Å²) in [6.45, 7) is 0.490. The number of aromatic amines is 1. The Hall–Kier alpha value is -3.02. The maximum atomic E-state index is 11.7. The molecule has 21 heavy (non-hydrogen) atoms. The van der Waals surface area contributed by atoms with E-state index in [4.69, 9.17) is 0 Å². The van der Waals surface area contributed by atoms with Crippen LogP contribution in [0.2, 0.25) is 0 Å². The van der Waals surface area contributed by atoms with Crippen LogP contribution in [0.15, 0.2) is 59.8 Å². The third kappa shape index (κ3) is 3.30. The Labute approximate surface area is 121 Å². The van der Waals surface area contributed by atoms with Crippen molar-refractivity contribution in [3.63, 3.8) is 0 Å². The molecule has 0 saturated heterocycles. The Bertz CT molecular complexity index is 771. The fourth-order valence-corrected chi connectivity index (χ4v) is 1.89. The summed E-state index contributed by atoms with van der Waals surface area (Å²) in [6.07, 6.45) is 5.05. The number of pyridine rings is 2. The highest BCUT2D eigenvalue weighted by Gasteiger charge is 2.04. The molecule has 3 aromatic heterocycles. The molecule has 0 unspecified atom stereocenters. The summed E-state index contributed by atoms with van der Waals surface area (Å²) in [5.41, 5.74) is 2.11. The number of nitrogens with zero attached hydrogens (tertiary/aromatic N) is 3. The predicted octanol–water partition coefficient (Wildman–Crippen LogP) is 1.84. The van der Waals surface area contributed by atoms with Crippen LogP contribution in [0.25, 0.3) is 11.3 Å². The molecule has 3 aromatic rings. The van der Waals surface area contributed by atoms with Crippen molar-refractivity contribution in [3.05, 3.63) is 71.0 Å². The fraction of sp³-hybridized carbons (Fsp3) is 0.0667. The van der Waals surface area contributed by atoms with Crippen LogP contribution in [0.1, 0.15) is 5.69 Å². The molecular weight excluding hydrogens is 266 g/mol. The minimum atomic E-state index is -0.208. The Balaban J connectivity index is 1.83. The maximum absolute atomic E-state index is 11.7. The molecule has 3 heterocycles. The fourth-order valence-electron chi connectivity index (χ4n) is 1.89. The second-order valence-corrected chi connectivity index (χ2v) is 4.39. The molecule has 0 radical (unpaired) electrons. The van der Waals surface area contributed by atoms with E-state index in [0.29, 0.717) is 18.2 Å². The Morgan fingerprint density at radius 3 is 2.71 bits per heavy atom. The van der Waals surface area contributed by atoms with Gasteiger partial charge in [-0.1, -0.05) is 6.07 Å². The monoisotopic (exact) mass is 279 g/mol. The molecule has 0 amide bonds. The van der Waals surface area contributed by atoms with Crippen LogP contribution in [0.4, 0.5) is 5.95 Å². The quantitative estimate of drug-likeness (QED) is 0.761. The molecule has 0 atom stereocenters. The van der Waals surface area contributed by atoms with E-state index in [0.717, 1.165) is 11.3 Å². The SMILES string of the molecule is O=c1cc(-c2ccncc2)nc(NCc2ccccn2)[nH]1. The first-order valence-electron chi connectivity index (χ1n) is 6.47. The predicted molar refractivity (Wildman–Crippen MR) is 79.7 cm³/mol. The van der Waals surface area contributed by atoms with Crippen molar-refractivity contribution >= 4 is 5.95 Å². The van der Waals surface area contributed by atoms with Crippen molar-refractivity contribution in [1.29, 1.82) is 0 Å². The zero-order chi connectivity index (χ0) is 14.5. The van der Waals surface area contributed by atoms with Crippen LogP contribution in [0.5, 0.6) is 0 Å². The zero-order valence-electron chi connectivity index (χ0n) is 11.2. The summed E-state index contributed by atoms with van der Waals surface area (Å²) in [5, 5.41) is 3.07. The van der Waals surface area contributed by atoms with E-state index in [1.165, 1.54) is 6.07 Å². The van der Waals surface area contributed by atoms with Crippen LogP contribution in [-0.2, 0) is 6.54 Å². The van der Waals surface area contributed by atoms with Gasteiger partial charge in [-0.15, -0.1) is 0 Å². The number of anilines is 1. The molecule has 0 saturated carbocycles. The van der Waals surface area contributed by atoms with Crippen LogP contribution < -0.4 is 10.9 Å². The van der Waals surface area contributed by atoms with Crippen molar-refractivity contribution in [2.75, 3.05) is 5.32 Å². The van der Waals surface area contributed by atoms with Gasteiger partial charge in [-0.3, -0.25) is 19.7 Å². The van der Waals surface area contributed by atoms with Crippen molar-refractivity contribution in [3.8, 4) is 11.3 Å². The van der Waals surface area contributed by atoms with Gasteiger partial charge in [0.2, 0.25) is 5.95 Å². The molecule has 0 aromatic carbocycles. The van der Waals surface area contributed by atoms with E-state index in [1.807, 2.05) is 30.3 Å². The first kappa shape index (κ1) is 13.0. The van der Waals surface area contributed by atoms with Crippen LogP contribution in [0, 0.1) is 0 Å². The third-order valence-corrected chi connectivity index (χ3v) is 2.88. The largest absolute Gasteiger partial charge is 0.350 e. The van der Waals surface area contributed by atoms with E-state index in [1.54, 1.807) is 18.6 Å². The van der Waals surface area contributed by atoms with Gasteiger partial charge in [0.1, 0.15) is 0 Å². The van der Waals surface area contributed by atoms with Gasteiger partial charge < -0.3 is 5.32 Å². The summed E-state index contributed by atoms with van der Waals surface area (Å²) >= 11 is 0. The molecular formula is C15H13N5O. The molecule has 3 rings (SSSR count). The maximum Gasteiger partial charge on any atom is 0.252 e. The van der Waals surface area contributed by atoms with Gasteiger partial charge in [-0.2, -0.15) is 0 Å². The van der Waals surface area contributed by atoms with Gasteiger partial charge in [-0.25, -0.2) is 4.98 Å². The number of nitrogens with one attached hydrogen (secondary N) is 2. The number of aromatic nitrogens is 4. The number of hydrogen-bond donors (Lipinski definition) is 2. The first-order chi connectivity index (χ1) is 10.3. The summed E-state index contributed by atoms with van der Waals surface area (Å²) in [5.74, 6) is 0.417. The molecule has 0 aliphatic heterocycles. The highest BCUT2D eigenvalue weighted by atomic mass is 16.1. The van der Waals surface area contributed by atoms with Crippen molar-refractivity contribution < 1.29 is 0 Å². The van der Waals surface area contributed by atoms with E-state index < -0.39 is 0 Å². The van der Waals surface area contributed by atoms with Gasteiger partial charge in [0.25, 0.3) is 5.56 Å². The lowest BCUT2D eigenvalue weighted by molar-refractivity contribution is 0.993. The molecule has 6 nitrogen and oxygen atoms in total. The van der Waals surface area contributed by atoms with Gasteiger partial charge in [0, 0.05) is 30.2 Å². The van der Waals surface area contributed by atoms with E-state index >= 15 is 0 Å². The van der Waals surface area contributed by atoms with Crippen molar-refractivity contribution in [2.24, 2.45) is 0 Å². The van der Waals surface area contributed by atoms with E-state index in [2.05, 4.69) is 25.3 Å². The van der Waals surface area contributed by atoms with Gasteiger partial charge in [0.05, 0.1) is 17.9 Å². The Morgan fingerprint density at radius 2 is 1.95 bits per heavy atom. The van der Waals surface area contributed by atoms with Gasteiger partial charge in [0.15, 0.2) is 0 Å². The summed E-state index contributed by atoms with van der Waals surface area (Å²) in [7, 11) is 0. The lowest BCUT2D eigenvalue weighted by Crippen LogP contribution is -2.13. The Kier molecular flexibility index (Phi) is 3.68. The van der Waals surface area contributed by atoms with Gasteiger partial charge in [-0.05, 0) is 24.3 Å². The minimum Gasteiger partial charge on any atom is -0.350 e. The summed E-state index contributed by atoms with van der Waals surface area (Å²) in [6, 6.07) is 10.7. The number of hydrogen-bond acceptors (Lipinski definition) is 5. The summed E-state index contributed by atoms with van der Waals surface area (Å²) < 4.78 is 0. The van der Waals surface area contributed by atoms with Crippen LogP contribution >= 0.6 is 0 Å². The molecule has 6 heteroatoms. The minimum absolute atomic E-state index is 0.208. The molecule has 2 N–H and O–H groups in total. The second kappa shape index (κ2) is 5.96. The topological polar surface area (TPSA) is 83.6 Å². The zero-order valence-corrected chi connectivity index (χ0v) is 11.2. The molecule has 0 fully saturated rings. The average molecular weight is 279 g/mol. The average Bonchev–Trinajstić information content (AvgIpc) is 2.54. The van der Waals surface area contributed by atoms with Crippen LogP contribution in [0.3, 0.4) is 0 Å². The standard InChI is InChI=1S/C15H13N5O/c21-14-9-13(11-4-7-16-8-5-11)19-15(20-14)18-10-12-3-1-2-6-17-12/h1-9H,10H2,(H2,18,19,20,21).